The molecule has 1 amide bonds. The van der Waals surface area contributed by atoms with Gasteiger partial charge in [0.2, 0.25) is 0 Å². The molecule has 1 atom stereocenters. The number of thiocarbonyl (C=S) groups is 1. The van der Waals surface area contributed by atoms with E-state index in [0.29, 0.717) is 4.91 Å². The maximum Gasteiger partial charge on any atom is 0.327 e. The van der Waals surface area contributed by atoms with Crippen LogP contribution in [0.4, 0.5) is 5.69 Å². The third-order valence-corrected chi connectivity index (χ3v) is 5.68. The minimum absolute atomic E-state index is 0.00819. The van der Waals surface area contributed by atoms with Crippen LogP contribution in [0.1, 0.15) is 11.1 Å². The van der Waals surface area contributed by atoms with Crippen LogP contribution in [-0.4, -0.2) is 37.2 Å². The summed E-state index contributed by atoms with van der Waals surface area (Å²) in [5, 5.41) is 20.4. The minimum Gasteiger partial charge on any atom is -0.480 e. The summed E-state index contributed by atoms with van der Waals surface area (Å²) in [6.45, 7) is 0. The molecular weight excluding hydrogens is 424 g/mol. The third-order valence-electron chi connectivity index (χ3n) is 4.33. The number of carboxylic acids is 1. The third kappa shape index (κ3) is 5.00. The van der Waals surface area contributed by atoms with E-state index in [-0.39, 0.29) is 16.4 Å². The number of aliphatic carboxylic acids is 1. The maximum absolute atomic E-state index is 12.8. The lowest BCUT2D eigenvalue weighted by Gasteiger charge is -2.23. The van der Waals surface area contributed by atoms with Crippen molar-refractivity contribution < 1.29 is 19.6 Å². The second kappa shape index (κ2) is 9.47. The highest BCUT2D eigenvalue weighted by atomic mass is 32.2. The van der Waals surface area contributed by atoms with Crippen LogP contribution in [0.2, 0.25) is 0 Å². The largest absolute Gasteiger partial charge is 0.480 e. The Morgan fingerprint density at radius 1 is 1.20 bits per heavy atom. The molecule has 1 fully saturated rings. The monoisotopic (exact) mass is 440 g/mol. The standard InChI is InChI=1S/C21H16N2O5S2/c24-19-18(8-4-7-14-9-11-16(12-10-14)23(27)28)30-21(29)22(19)17(20(25)26)13-15-5-2-1-3-6-15/h1-12,17H,13H2,(H,25,26)/b7-4+,18-8-/t17-/m1/s1. The molecular formula is C21H16N2O5S2. The summed E-state index contributed by atoms with van der Waals surface area (Å²) in [6.07, 6.45) is 5.02. The lowest BCUT2D eigenvalue weighted by atomic mass is 10.0. The second-order valence-electron chi connectivity index (χ2n) is 6.33. The molecule has 152 valence electrons. The van der Waals surface area contributed by atoms with Crippen molar-refractivity contribution in [2.45, 2.75) is 12.5 Å². The first-order valence-electron chi connectivity index (χ1n) is 8.81. The van der Waals surface area contributed by atoms with Gasteiger partial charge in [-0.2, -0.15) is 0 Å². The van der Waals surface area contributed by atoms with Crippen LogP contribution in [0.3, 0.4) is 0 Å². The summed E-state index contributed by atoms with van der Waals surface area (Å²) in [6, 6.07) is 13.9. The van der Waals surface area contributed by atoms with Crippen molar-refractivity contribution in [3.8, 4) is 0 Å². The van der Waals surface area contributed by atoms with Crippen LogP contribution in [0, 0.1) is 10.1 Å². The molecule has 0 saturated carbocycles. The fourth-order valence-electron chi connectivity index (χ4n) is 2.84. The normalized spacial score (nSPS) is 16.4. The van der Waals surface area contributed by atoms with E-state index in [9.17, 15) is 24.8 Å². The predicted octanol–water partition coefficient (Wildman–Crippen LogP) is 4.05. The number of amides is 1. The number of thioether (sulfide) groups is 1. The van der Waals surface area contributed by atoms with Gasteiger partial charge in [-0.15, -0.1) is 0 Å². The number of carbonyl (C=O) groups is 2. The number of carbonyl (C=O) groups excluding carboxylic acids is 1. The van der Waals surface area contributed by atoms with Gasteiger partial charge in [0.15, 0.2) is 0 Å². The fraction of sp³-hybridized carbons (Fsp3) is 0.0952. The Labute approximate surface area is 181 Å². The van der Waals surface area contributed by atoms with E-state index in [1.54, 1.807) is 54.6 Å². The van der Waals surface area contributed by atoms with E-state index in [2.05, 4.69) is 0 Å². The van der Waals surface area contributed by atoms with E-state index in [1.807, 2.05) is 6.07 Å². The number of hydrogen-bond acceptors (Lipinski definition) is 6. The lowest BCUT2D eigenvalue weighted by molar-refractivity contribution is -0.384. The highest BCUT2D eigenvalue weighted by molar-refractivity contribution is 8.26. The van der Waals surface area contributed by atoms with Gasteiger partial charge >= 0.3 is 5.97 Å². The van der Waals surface area contributed by atoms with Crippen LogP contribution in [0.5, 0.6) is 0 Å². The van der Waals surface area contributed by atoms with Crippen molar-refractivity contribution in [1.29, 1.82) is 0 Å². The van der Waals surface area contributed by atoms with Gasteiger partial charge in [0.05, 0.1) is 9.83 Å². The van der Waals surface area contributed by atoms with Crippen molar-refractivity contribution in [1.82, 2.24) is 4.90 Å². The Balaban J connectivity index is 1.75. The van der Waals surface area contributed by atoms with E-state index in [1.165, 1.54) is 12.1 Å². The molecule has 0 unspecified atom stereocenters. The van der Waals surface area contributed by atoms with Crippen LogP contribution < -0.4 is 0 Å². The van der Waals surface area contributed by atoms with Crippen LogP contribution >= 0.6 is 24.0 Å². The van der Waals surface area contributed by atoms with Gasteiger partial charge in [0.1, 0.15) is 10.4 Å². The molecule has 7 nitrogen and oxygen atoms in total. The van der Waals surface area contributed by atoms with Gasteiger partial charge < -0.3 is 5.11 Å². The molecule has 0 spiro atoms. The lowest BCUT2D eigenvalue weighted by Crippen LogP contribution is -2.45. The van der Waals surface area contributed by atoms with Crippen molar-refractivity contribution in [3.05, 3.63) is 92.9 Å². The molecule has 2 aromatic rings. The minimum atomic E-state index is -1.13. The maximum atomic E-state index is 12.8. The molecule has 9 heteroatoms. The molecule has 30 heavy (non-hydrogen) atoms. The first-order chi connectivity index (χ1) is 14.4. The van der Waals surface area contributed by atoms with E-state index in [0.717, 1.165) is 27.8 Å². The Kier molecular flexibility index (Phi) is 6.76. The van der Waals surface area contributed by atoms with Crippen molar-refractivity contribution in [3.63, 3.8) is 0 Å². The number of non-ortho nitro benzene ring substituents is 1. The number of nitro benzene ring substituents is 1. The number of carboxylic acid groups (broad SMARTS) is 1. The second-order valence-corrected chi connectivity index (χ2v) is 8.00. The zero-order chi connectivity index (χ0) is 21.7. The van der Waals surface area contributed by atoms with E-state index in [4.69, 9.17) is 12.2 Å². The van der Waals surface area contributed by atoms with Crippen molar-refractivity contribution in [2.75, 3.05) is 0 Å². The predicted molar refractivity (Wildman–Crippen MR) is 119 cm³/mol. The van der Waals surface area contributed by atoms with Gasteiger partial charge in [-0.05, 0) is 29.3 Å². The van der Waals surface area contributed by atoms with Crippen LogP contribution in [-0.2, 0) is 16.0 Å². The number of allylic oxidation sites excluding steroid dienone is 2. The number of benzene rings is 2. The number of nitro groups is 1. The average molecular weight is 441 g/mol. The summed E-state index contributed by atoms with van der Waals surface area (Å²) in [4.78, 5) is 36.3. The van der Waals surface area contributed by atoms with Gasteiger partial charge in [-0.25, -0.2) is 4.79 Å². The number of rotatable bonds is 7. The van der Waals surface area contributed by atoms with Gasteiger partial charge in [0, 0.05) is 18.6 Å². The highest BCUT2D eigenvalue weighted by Gasteiger charge is 2.40. The van der Waals surface area contributed by atoms with Crippen LogP contribution in [0.15, 0.2) is 71.7 Å². The van der Waals surface area contributed by atoms with Crippen molar-refractivity contribution in [2.24, 2.45) is 0 Å². The average Bonchev–Trinajstić information content (AvgIpc) is 3.00. The summed E-state index contributed by atoms with van der Waals surface area (Å²) in [5.74, 6) is -1.58. The topological polar surface area (TPSA) is 101 Å². The van der Waals surface area contributed by atoms with Gasteiger partial charge in [0.25, 0.3) is 11.6 Å². The summed E-state index contributed by atoms with van der Waals surface area (Å²) >= 11 is 6.31. The molecule has 3 rings (SSSR count). The SMILES string of the molecule is O=C(O)[C@@H](Cc1ccccc1)N1C(=O)/C(=C/C=C/c2ccc([N+](=O)[O-])cc2)SC1=S. The molecule has 0 bridgehead atoms. The smallest absolute Gasteiger partial charge is 0.327 e. The Hall–Kier alpha value is -3.30. The first-order valence-corrected chi connectivity index (χ1v) is 10.0. The fourth-order valence-corrected chi connectivity index (χ4v) is 4.15. The molecule has 2 aromatic carbocycles. The molecule has 0 aromatic heterocycles. The quantitative estimate of drug-likeness (QED) is 0.300. The zero-order valence-electron chi connectivity index (χ0n) is 15.5. The van der Waals surface area contributed by atoms with Gasteiger partial charge in [-0.3, -0.25) is 19.8 Å². The van der Waals surface area contributed by atoms with Crippen molar-refractivity contribution >= 4 is 51.9 Å². The first kappa shape index (κ1) is 21.4. The number of hydrogen-bond donors (Lipinski definition) is 1. The summed E-state index contributed by atoms with van der Waals surface area (Å²) in [7, 11) is 0. The molecule has 1 aliphatic heterocycles. The summed E-state index contributed by atoms with van der Waals surface area (Å²) < 4.78 is 0.193. The molecule has 1 aliphatic rings. The van der Waals surface area contributed by atoms with Crippen LogP contribution in [0.25, 0.3) is 6.08 Å². The number of nitrogens with zero attached hydrogens (tertiary/aromatic N) is 2. The van der Waals surface area contributed by atoms with Gasteiger partial charge in [-0.1, -0.05) is 66.5 Å². The van der Waals surface area contributed by atoms with E-state index >= 15 is 0 Å². The molecule has 0 radical (unpaired) electrons. The molecule has 1 N–H and O–H groups in total. The van der Waals surface area contributed by atoms with E-state index < -0.39 is 22.8 Å². The molecule has 0 aliphatic carbocycles. The Bertz CT molecular complexity index is 1050. The Morgan fingerprint density at radius 3 is 2.47 bits per heavy atom. The summed E-state index contributed by atoms with van der Waals surface area (Å²) in [5.41, 5.74) is 1.51. The molecule has 1 saturated heterocycles. The zero-order valence-corrected chi connectivity index (χ0v) is 17.1. The Morgan fingerprint density at radius 2 is 1.87 bits per heavy atom. The highest BCUT2D eigenvalue weighted by Crippen LogP contribution is 2.33. The molecule has 1 heterocycles.